The lowest BCUT2D eigenvalue weighted by Crippen LogP contribution is -2.55. The molecule has 0 saturated carbocycles. The van der Waals surface area contributed by atoms with E-state index >= 15 is 0 Å². The van der Waals surface area contributed by atoms with Crippen LogP contribution in [0.4, 0.5) is 10.5 Å². The van der Waals surface area contributed by atoms with E-state index < -0.39 is 28.1 Å². The van der Waals surface area contributed by atoms with Crippen molar-refractivity contribution in [1.29, 1.82) is 0 Å². The van der Waals surface area contributed by atoms with Crippen molar-refractivity contribution in [2.24, 2.45) is 5.73 Å². The number of nitrogens with one attached hydrogen (secondary N) is 2. The van der Waals surface area contributed by atoms with Crippen LogP contribution in [0.15, 0.2) is 24.3 Å². The van der Waals surface area contributed by atoms with E-state index in [2.05, 4.69) is 10.6 Å². The van der Waals surface area contributed by atoms with Crippen LogP contribution in [0.25, 0.3) is 0 Å². The SMILES string of the molecule is CCCS(=O)(=O)N1CCN(C(=O)Nc2ccc(OC)cc2)C1C(=O)NCCN. The van der Waals surface area contributed by atoms with E-state index in [0.717, 1.165) is 4.31 Å². The molecule has 0 bridgehead atoms. The van der Waals surface area contributed by atoms with Gasteiger partial charge in [0.05, 0.1) is 12.9 Å². The van der Waals surface area contributed by atoms with Crippen LogP contribution in [-0.4, -0.2) is 74.8 Å². The molecule has 1 fully saturated rings. The maximum absolute atomic E-state index is 12.7. The van der Waals surface area contributed by atoms with Crippen LogP contribution in [0, 0.1) is 0 Å². The molecule has 0 aromatic heterocycles. The van der Waals surface area contributed by atoms with Crippen LogP contribution in [0.1, 0.15) is 13.3 Å². The third-order valence-electron chi connectivity index (χ3n) is 4.23. The zero-order chi connectivity index (χ0) is 20.7. The number of benzene rings is 1. The largest absolute Gasteiger partial charge is 0.497 e. The minimum absolute atomic E-state index is 0.0546. The number of urea groups is 1. The number of rotatable bonds is 8. The number of carbonyl (C=O) groups is 2. The fourth-order valence-electron chi connectivity index (χ4n) is 2.91. The van der Waals surface area contributed by atoms with Crippen molar-refractivity contribution in [1.82, 2.24) is 14.5 Å². The van der Waals surface area contributed by atoms with Crippen molar-refractivity contribution in [2.45, 2.75) is 19.5 Å². The summed E-state index contributed by atoms with van der Waals surface area (Å²) in [4.78, 5) is 26.6. The van der Waals surface area contributed by atoms with E-state index in [0.29, 0.717) is 17.9 Å². The lowest BCUT2D eigenvalue weighted by atomic mass is 10.3. The van der Waals surface area contributed by atoms with Crippen LogP contribution in [0.5, 0.6) is 5.75 Å². The molecule has 1 aromatic carbocycles. The van der Waals surface area contributed by atoms with Crippen molar-refractivity contribution in [3.8, 4) is 5.75 Å². The van der Waals surface area contributed by atoms with Gasteiger partial charge in [0, 0.05) is 31.9 Å². The van der Waals surface area contributed by atoms with Crippen LogP contribution in [0.3, 0.4) is 0 Å². The van der Waals surface area contributed by atoms with E-state index in [9.17, 15) is 18.0 Å². The Labute approximate surface area is 165 Å². The highest BCUT2D eigenvalue weighted by atomic mass is 32.2. The molecule has 28 heavy (non-hydrogen) atoms. The fourth-order valence-corrected chi connectivity index (χ4v) is 4.54. The summed E-state index contributed by atoms with van der Waals surface area (Å²) in [7, 11) is -2.14. The number of anilines is 1. The molecule has 2 rings (SSSR count). The van der Waals surface area contributed by atoms with Gasteiger partial charge in [-0.3, -0.25) is 9.69 Å². The molecule has 0 spiro atoms. The normalized spacial score (nSPS) is 17.4. The first-order valence-corrected chi connectivity index (χ1v) is 10.6. The second-order valence-electron chi connectivity index (χ2n) is 6.23. The number of carbonyl (C=O) groups excluding carboxylic acids is 2. The monoisotopic (exact) mass is 413 g/mol. The molecule has 1 atom stereocenters. The zero-order valence-corrected chi connectivity index (χ0v) is 16.9. The van der Waals surface area contributed by atoms with Gasteiger partial charge in [-0.05, 0) is 30.7 Å². The summed E-state index contributed by atoms with van der Waals surface area (Å²) < 4.78 is 31.3. The average Bonchev–Trinajstić information content (AvgIpc) is 3.13. The Morgan fingerprint density at radius 3 is 2.50 bits per heavy atom. The molecular formula is C17H27N5O5S. The van der Waals surface area contributed by atoms with Gasteiger partial charge in [0.15, 0.2) is 6.17 Å². The van der Waals surface area contributed by atoms with E-state index in [1.807, 2.05) is 0 Å². The Morgan fingerprint density at radius 1 is 1.25 bits per heavy atom. The number of ether oxygens (including phenoxy) is 1. The molecule has 1 aromatic rings. The highest BCUT2D eigenvalue weighted by Gasteiger charge is 2.45. The van der Waals surface area contributed by atoms with Gasteiger partial charge in [-0.15, -0.1) is 0 Å². The molecule has 1 saturated heterocycles. The average molecular weight is 414 g/mol. The maximum Gasteiger partial charge on any atom is 0.323 e. The molecule has 1 aliphatic heterocycles. The van der Waals surface area contributed by atoms with Gasteiger partial charge >= 0.3 is 6.03 Å². The first-order valence-electron chi connectivity index (χ1n) is 9.03. The molecule has 3 amide bonds. The third-order valence-corrected chi connectivity index (χ3v) is 6.25. The molecule has 0 radical (unpaired) electrons. The summed E-state index contributed by atoms with van der Waals surface area (Å²) in [6.07, 6.45) is -0.838. The molecule has 1 aliphatic rings. The smallest absolute Gasteiger partial charge is 0.323 e. The number of nitrogens with zero attached hydrogens (tertiary/aromatic N) is 2. The molecule has 1 heterocycles. The van der Waals surface area contributed by atoms with E-state index in [1.54, 1.807) is 31.2 Å². The van der Waals surface area contributed by atoms with E-state index in [4.69, 9.17) is 10.5 Å². The number of hydrogen-bond donors (Lipinski definition) is 3. The minimum Gasteiger partial charge on any atom is -0.497 e. The Bertz CT molecular complexity index is 784. The summed E-state index contributed by atoms with van der Waals surface area (Å²) >= 11 is 0. The second-order valence-corrected chi connectivity index (χ2v) is 8.27. The highest BCUT2D eigenvalue weighted by molar-refractivity contribution is 7.89. The Balaban J connectivity index is 2.21. The maximum atomic E-state index is 12.7. The lowest BCUT2D eigenvalue weighted by molar-refractivity contribution is -0.127. The van der Waals surface area contributed by atoms with Gasteiger partial charge < -0.3 is 21.1 Å². The van der Waals surface area contributed by atoms with Gasteiger partial charge in [-0.2, -0.15) is 4.31 Å². The molecule has 0 aliphatic carbocycles. The van der Waals surface area contributed by atoms with Crippen molar-refractivity contribution >= 4 is 27.6 Å². The van der Waals surface area contributed by atoms with Gasteiger partial charge in [0.25, 0.3) is 5.91 Å². The number of methoxy groups -OCH3 is 1. The van der Waals surface area contributed by atoms with Crippen molar-refractivity contribution in [2.75, 3.05) is 44.4 Å². The summed E-state index contributed by atoms with van der Waals surface area (Å²) in [5.41, 5.74) is 5.92. The van der Waals surface area contributed by atoms with Gasteiger partial charge in [0.2, 0.25) is 10.0 Å². The number of sulfonamides is 1. The highest BCUT2D eigenvalue weighted by Crippen LogP contribution is 2.22. The van der Waals surface area contributed by atoms with Gasteiger partial charge in [-0.1, -0.05) is 6.92 Å². The molecule has 156 valence electrons. The predicted octanol–water partition coefficient (Wildman–Crippen LogP) is -0.0145. The zero-order valence-electron chi connectivity index (χ0n) is 16.1. The Hall–Kier alpha value is -2.37. The quantitative estimate of drug-likeness (QED) is 0.549. The topological polar surface area (TPSA) is 134 Å². The summed E-state index contributed by atoms with van der Waals surface area (Å²) in [6, 6.07) is 6.11. The van der Waals surface area contributed by atoms with E-state index in [-0.39, 0.29) is 31.9 Å². The second kappa shape index (κ2) is 9.71. The van der Waals surface area contributed by atoms with Crippen molar-refractivity contribution in [3.05, 3.63) is 24.3 Å². The molecule has 4 N–H and O–H groups in total. The Kier molecular flexibility index (Phi) is 7.61. The molecule has 1 unspecified atom stereocenters. The van der Waals surface area contributed by atoms with Crippen molar-refractivity contribution < 1.29 is 22.7 Å². The number of hydrogen-bond acceptors (Lipinski definition) is 6. The third kappa shape index (κ3) is 5.12. The summed E-state index contributed by atoms with van der Waals surface area (Å²) in [5, 5.41) is 5.26. The van der Waals surface area contributed by atoms with Gasteiger partial charge in [-0.25, -0.2) is 13.2 Å². The van der Waals surface area contributed by atoms with Crippen LogP contribution in [-0.2, 0) is 14.8 Å². The fraction of sp³-hybridized carbons (Fsp3) is 0.529. The standard InChI is InChI=1S/C17H27N5O5S/c1-3-12-28(25,26)22-11-10-21(16(22)15(23)19-9-8-18)17(24)20-13-4-6-14(27-2)7-5-13/h4-7,16H,3,8-12,18H2,1-2H3,(H,19,23)(H,20,24). The van der Waals surface area contributed by atoms with Crippen LogP contribution in [0.2, 0.25) is 0 Å². The minimum atomic E-state index is -3.67. The number of amides is 3. The van der Waals surface area contributed by atoms with Gasteiger partial charge in [0.1, 0.15) is 5.75 Å². The predicted molar refractivity (Wildman–Crippen MR) is 105 cm³/mol. The van der Waals surface area contributed by atoms with Crippen LogP contribution >= 0.6 is 0 Å². The summed E-state index contributed by atoms with van der Waals surface area (Å²) in [5.74, 6) is -0.0377. The Morgan fingerprint density at radius 2 is 1.93 bits per heavy atom. The molecule has 11 heteroatoms. The number of nitrogens with two attached hydrogens (primary N) is 1. The lowest BCUT2D eigenvalue weighted by Gasteiger charge is -2.28. The molecular weight excluding hydrogens is 386 g/mol. The van der Waals surface area contributed by atoms with E-state index in [1.165, 1.54) is 12.0 Å². The molecule has 10 nitrogen and oxygen atoms in total. The van der Waals surface area contributed by atoms with Crippen LogP contribution < -0.4 is 21.1 Å². The summed E-state index contributed by atoms with van der Waals surface area (Å²) in [6.45, 7) is 2.29. The first-order chi connectivity index (χ1) is 13.3. The van der Waals surface area contributed by atoms with Crippen molar-refractivity contribution in [3.63, 3.8) is 0 Å². The first kappa shape index (κ1) is 21.9.